The molecule has 1 rings (SSSR count). The molecular weight excluding hydrogens is 256 g/mol. The number of nitrogens with two attached hydrogens (primary N) is 1. The van der Waals surface area contributed by atoms with E-state index in [1.165, 1.54) is 4.90 Å². The molecule has 0 aliphatic heterocycles. The van der Waals surface area contributed by atoms with Gasteiger partial charge in [0.15, 0.2) is 0 Å². The largest absolute Gasteiger partial charge is 0.481 e. The monoisotopic (exact) mass is 278 g/mol. The Morgan fingerprint density at radius 3 is 2.25 bits per heavy atom. The number of carboxylic acid groups (broad SMARTS) is 1. The summed E-state index contributed by atoms with van der Waals surface area (Å²) in [5, 5.41) is 8.81. The quantitative estimate of drug-likeness (QED) is 0.831. The van der Waals surface area contributed by atoms with Crippen molar-refractivity contribution in [3.05, 3.63) is 29.8 Å². The van der Waals surface area contributed by atoms with Crippen molar-refractivity contribution in [2.24, 2.45) is 11.7 Å². The van der Waals surface area contributed by atoms with Gasteiger partial charge in [0.1, 0.15) is 0 Å². The number of benzene rings is 1. The van der Waals surface area contributed by atoms with Crippen molar-refractivity contribution in [1.82, 2.24) is 0 Å². The van der Waals surface area contributed by atoms with Crippen molar-refractivity contribution in [1.29, 1.82) is 0 Å². The number of carbonyl (C=O) groups excluding carboxylic acids is 1. The van der Waals surface area contributed by atoms with Gasteiger partial charge < -0.3 is 15.7 Å². The number of amides is 1. The second-order valence-corrected chi connectivity index (χ2v) is 5.24. The van der Waals surface area contributed by atoms with Gasteiger partial charge in [0, 0.05) is 12.2 Å². The molecule has 1 aromatic carbocycles. The topological polar surface area (TPSA) is 83.6 Å². The van der Waals surface area contributed by atoms with Crippen LogP contribution < -0.4 is 10.6 Å². The Balaban J connectivity index is 2.98. The third-order valence-corrected chi connectivity index (χ3v) is 3.16. The number of carboxylic acids is 1. The molecule has 0 bridgehead atoms. The van der Waals surface area contributed by atoms with E-state index in [0.29, 0.717) is 5.69 Å². The van der Waals surface area contributed by atoms with Crippen molar-refractivity contribution in [3.8, 4) is 0 Å². The number of rotatable bonds is 6. The van der Waals surface area contributed by atoms with Crippen molar-refractivity contribution in [3.63, 3.8) is 0 Å². The first-order chi connectivity index (χ1) is 9.32. The van der Waals surface area contributed by atoms with Crippen LogP contribution in [0.15, 0.2) is 24.3 Å². The van der Waals surface area contributed by atoms with Gasteiger partial charge in [0.2, 0.25) is 5.91 Å². The summed E-state index contributed by atoms with van der Waals surface area (Å²) >= 11 is 0. The molecule has 1 aromatic rings. The zero-order chi connectivity index (χ0) is 15.3. The van der Waals surface area contributed by atoms with Crippen LogP contribution in [0, 0.1) is 12.8 Å². The Hall–Kier alpha value is -1.88. The van der Waals surface area contributed by atoms with Crippen LogP contribution in [0.3, 0.4) is 0 Å². The molecule has 1 amide bonds. The predicted octanol–water partition coefficient (Wildman–Crippen LogP) is 1.79. The third kappa shape index (κ3) is 4.35. The van der Waals surface area contributed by atoms with E-state index in [4.69, 9.17) is 10.8 Å². The van der Waals surface area contributed by atoms with Crippen LogP contribution in [0.2, 0.25) is 0 Å². The summed E-state index contributed by atoms with van der Waals surface area (Å²) in [4.78, 5) is 24.6. The molecular formula is C15H22N2O3. The number of carbonyl (C=O) groups is 2. The maximum absolute atomic E-state index is 12.4. The number of hydrogen-bond acceptors (Lipinski definition) is 3. The van der Waals surface area contributed by atoms with Crippen molar-refractivity contribution in [2.45, 2.75) is 33.2 Å². The lowest BCUT2D eigenvalue weighted by Crippen LogP contribution is -2.47. The van der Waals surface area contributed by atoms with Crippen LogP contribution in [0.4, 0.5) is 5.69 Å². The van der Waals surface area contributed by atoms with Gasteiger partial charge in [-0.2, -0.15) is 0 Å². The number of aryl methyl sites for hydroxylation is 1. The van der Waals surface area contributed by atoms with Gasteiger partial charge in [-0.1, -0.05) is 31.5 Å². The Morgan fingerprint density at radius 2 is 1.80 bits per heavy atom. The average Bonchev–Trinajstić information content (AvgIpc) is 2.39. The summed E-state index contributed by atoms with van der Waals surface area (Å²) in [5.74, 6) is -1.18. The fraction of sp³-hybridized carbons (Fsp3) is 0.467. The molecule has 0 aliphatic rings. The summed E-state index contributed by atoms with van der Waals surface area (Å²) in [6.45, 7) is 5.81. The van der Waals surface area contributed by atoms with Gasteiger partial charge in [-0.15, -0.1) is 0 Å². The Labute approximate surface area is 119 Å². The van der Waals surface area contributed by atoms with E-state index in [1.807, 2.05) is 45.0 Å². The van der Waals surface area contributed by atoms with E-state index < -0.39 is 12.0 Å². The first kappa shape index (κ1) is 16.2. The molecule has 5 nitrogen and oxygen atoms in total. The zero-order valence-electron chi connectivity index (χ0n) is 12.2. The lowest BCUT2D eigenvalue weighted by molar-refractivity contribution is -0.136. The third-order valence-electron chi connectivity index (χ3n) is 3.16. The maximum atomic E-state index is 12.4. The highest BCUT2D eigenvalue weighted by atomic mass is 16.4. The smallest absolute Gasteiger partial charge is 0.305 e. The van der Waals surface area contributed by atoms with Gasteiger partial charge in [-0.25, -0.2) is 0 Å². The van der Waals surface area contributed by atoms with Gasteiger partial charge in [0.05, 0.1) is 12.5 Å². The van der Waals surface area contributed by atoms with Crippen LogP contribution >= 0.6 is 0 Å². The minimum Gasteiger partial charge on any atom is -0.481 e. The second-order valence-electron chi connectivity index (χ2n) is 5.24. The molecule has 0 radical (unpaired) electrons. The SMILES string of the molecule is Cc1ccc(N(CCC(=O)O)C(=O)C(N)C(C)C)cc1. The molecule has 0 spiro atoms. The summed E-state index contributed by atoms with van der Waals surface area (Å²) in [7, 11) is 0. The highest BCUT2D eigenvalue weighted by Crippen LogP contribution is 2.18. The van der Waals surface area contributed by atoms with E-state index in [2.05, 4.69) is 0 Å². The van der Waals surface area contributed by atoms with Crippen LogP contribution in [0.1, 0.15) is 25.8 Å². The maximum Gasteiger partial charge on any atom is 0.305 e. The van der Waals surface area contributed by atoms with E-state index in [1.54, 1.807) is 0 Å². The lowest BCUT2D eigenvalue weighted by Gasteiger charge is -2.27. The van der Waals surface area contributed by atoms with E-state index >= 15 is 0 Å². The number of hydrogen-bond donors (Lipinski definition) is 2. The molecule has 3 N–H and O–H groups in total. The van der Waals surface area contributed by atoms with Crippen LogP contribution in [0.5, 0.6) is 0 Å². The molecule has 0 saturated carbocycles. The van der Waals surface area contributed by atoms with Crippen LogP contribution in [-0.4, -0.2) is 29.6 Å². The molecule has 0 heterocycles. The zero-order valence-corrected chi connectivity index (χ0v) is 12.2. The Morgan fingerprint density at radius 1 is 1.25 bits per heavy atom. The standard InChI is InChI=1S/C15H22N2O3/c1-10(2)14(16)15(20)17(9-8-13(18)19)12-6-4-11(3)5-7-12/h4-7,10,14H,8-9,16H2,1-3H3,(H,18,19). The molecule has 0 saturated heterocycles. The summed E-state index contributed by atoms with van der Waals surface area (Å²) in [5.41, 5.74) is 7.65. The average molecular weight is 278 g/mol. The normalized spacial score (nSPS) is 12.2. The lowest BCUT2D eigenvalue weighted by atomic mass is 10.0. The number of anilines is 1. The molecule has 5 heteroatoms. The van der Waals surface area contributed by atoms with Crippen molar-refractivity contribution < 1.29 is 14.7 Å². The van der Waals surface area contributed by atoms with E-state index in [0.717, 1.165) is 5.56 Å². The Kier molecular flexibility index (Phi) is 5.70. The molecule has 0 aromatic heterocycles. The van der Waals surface area contributed by atoms with E-state index in [9.17, 15) is 9.59 Å². The summed E-state index contributed by atoms with van der Waals surface area (Å²) in [6.07, 6.45) is -0.107. The second kappa shape index (κ2) is 7.05. The summed E-state index contributed by atoms with van der Waals surface area (Å²) in [6, 6.07) is 6.75. The van der Waals surface area contributed by atoms with Crippen molar-refractivity contribution >= 4 is 17.6 Å². The fourth-order valence-corrected chi connectivity index (χ4v) is 1.76. The minimum absolute atomic E-state index is 0.000256. The fourth-order valence-electron chi connectivity index (χ4n) is 1.76. The summed E-state index contributed by atoms with van der Waals surface area (Å²) < 4.78 is 0. The van der Waals surface area contributed by atoms with Crippen LogP contribution in [0.25, 0.3) is 0 Å². The van der Waals surface area contributed by atoms with Gasteiger partial charge in [0.25, 0.3) is 0 Å². The Bertz CT molecular complexity index is 469. The number of aliphatic carboxylic acids is 1. The van der Waals surface area contributed by atoms with Gasteiger partial charge >= 0.3 is 5.97 Å². The molecule has 1 unspecified atom stereocenters. The highest BCUT2D eigenvalue weighted by molar-refractivity contribution is 5.97. The molecule has 1 atom stereocenters. The first-order valence-corrected chi connectivity index (χ1v) is 6.68. The number of nitrogens with zero attached hydrogens (tertiary/aromatic N) is 1. The molecule has 110 valence electrons. The van der Waals surface area contributed by atoms with Crippen molar-refractivity contribution in [2.75, 3.05) is 11.4 Å². The molecule has 0 aliphatic carbocycles. The molecule has 0 fully saturated rings. The van der Waals surface area contributed by atoms with Crippen LogP contribution in [-0.2, 0) is 9.59 Å². The van der Waals surface area contributed by atoms with E-state index in [-0.39, 0.29) is 24.8 Å². The highest BCUT2D eigenvalue weighted by Gasteiger charge is 2.25. The van der Waals surface area contributed by atoms with Gasteiger partial charge in [-0.05, 0) is 25.0 Å². The predicted molar refractivity (Wildman–Crippen MR) is 78.6 cm³/mol. The molecule has 20 heavy (non-hydrogen) atoms. The van der Waals surface area contributed by atoms with Gasteiger partial charge in [-0.3, -0.25) is 9.59 Å². The first-order valence-electron chi connectivity index (χ1n) is 6.68. The minimum atomic E-state index is -0.937.